The number of carbonyl (C=O) groups is 1. The molecule has 1 aliphatic heterocycles. The zero-order chi connectivity index (χ0) is 21.5. The van der Waals surface area contributed by atoms with Crippen molar-refractivity contribution in [1.82, 2.24) is 30.1 Å². The lowest BCUT2D eigenvalue weighted by molar-refractivity contribution is 0.0257. The van der Waals surface area contributed by atoms with Crippen LogP contribution in [-0.2, 0) is 0 Å². The smallest absolute Gasteiger partial charge is 0.273 e. The molecule has 0 aromatic carbocycles. The summed E-state index contributed by atoms with van der Waals surface area (Å²) in [5.74, 6) is -3.55. The van der Waals surface area contributed by atoms with E-state index in [0.717, 1.165) is 0 Å². The highest BCUT2D eigenvalue weighted by molar-refractivity contribution is 5.97. The van der Waals surface area contributed by atoms with Crippen molar-refractivity contribution in [2.24, 2.45) is 0 Å². The average molecular weight is 377 g/mol. The maximum absolute atomic E-state index is 13.5. The Hall–Kier alpha value is -3.37. The van der Waals surface area contributed by atoms with Crippen LogP contribution in [0.1, 0.15) is 21.0 Å². The number of hydrogen-bond acceptors (Lipinski definition) is 7. The largest absolute Gasteiger partial charge is 0.364 e. The van der Waals surface area contributed by atoms with Crippen molar-refractivity contribution >= 4 is 28.9 Å². The normalized spacial score (nSPS) is 18.0. The monoisotopic (exact) mass is 377 g/mol. The van der Waals surface area contributed by atoms with Crippen molar-refractivity contribution < 1.29 is 17.7 Å². The summed E-state index contributed by atoms with van der Waals surface area (Å²) >= 11 is 0. The van der Waals surface area contributed by atoms with Gasteiger partial charge in [0.15, 0.2) is 11.3 Å². The number of fused-ring (bicyclic) bond motifs is 1. The Kier molecular flexibility index (Phi) is 3.27. The molecule has 0 atom stereocenters. The van der Waals surface area contributed by atoms with Gasteiger partial charge in [-0.1, -0.05) is 0 Å². The lowest BCUT2D eigenvalue weighted by Gasteiger charge is -2.17. The van der Waals surface area contributed by atoms with Crippen LogP contribution >= 0.6 is 0 Å². The van der Waals surface area contributed by atoms with Crippen molar-refractivity contribution in [3.63, 3.8) is 0 Å². The van der Waals surface area contributed by atoms with Gasteiger partial charge in [-0.25, -0.2) is 13.3 Å². The molecule has 0 aliphatic carbocycles. The van der Waals surface area contributed by atoms with Gasteiger partial charge in [-0.15, -0.1) is 10.2 Å². The van der Waals surface area contributed by atoms with Crippen molar-refractivity contribution in [2.75, 3.05) is 30.3 Å². The predicted octanol–water partition coefficient (Wildman–Crippen LogP) is 1.47. The van der Waals surface area contributed by atoms with Crippen LogP contribution in [0.4, 0.5) is 26.1 Å². The number of hydrogen-bond donors (Lipinski definition) is 2. The SMILES string of the molecule is [2H]C([2H])([2H])NC(=O)c1nnccc1Nc1nc2ccc(N3CCC(F)(F)C3)cn2n1. The maximum Gasteiger partial charge on any atom is 0.273 e. The van der Waals surface area contributed by atoms with Gasteiger partial charge in [0.25, 0.3) is 11.8 Å². The minimum atomic E-state index is -2.72. The highest BCUT2D eigenvalue weighted by Crippen LogP contribution is 2.30. The summed E-state index contributed by atoms with van der Waals surface area (Å²) in [6.07, 6.45) is 2.70. The zero-order valence-electron chi connectivity index (χ0n) is 16.9. The van der Waals surface area contributed by atoms with Gasteiger partial charge in [0.2, 0.25) is 5.95 Å². The van der Waals surface area contributed by atoms with E-state index in [0.29, 0.717) is 11.3 Å². The highest BCUT2D eigenvalue weighted by atomic mass is 19.3. The van der Waals surface area contributed by atoms with E-state index >= 15 is 0 Å². The van der Waals surface area contributed by atoms with Gasteiger partial charge in [-0.05, 0) is 18.2 Å². The number of carbonyl (C=O) groups excluding carboxylic acids is 1. The molecule has 0 radical (unpaired) electrons. The van der Waals surface area contributed by atoms with E-state index in [1.54, 1.807) is 23.2 Å². The average Bonchev–Trinajstić information content (AvgIpc) is 3.22. The lowest BCUT2D eigenvalue weighted by atomic mass is 10.3. The van der Waals surface area contributed by atoms with Crippen molar-refractivity contribution in [2.45, 2.75) is 12.3 Å². The summed E-state index contributed by atoms with van der Waals surface area (Å²) < 4.78 is 49.8. The molecule has 2 N–H and O–H groups in total. The molecule has 140 valence electrons. The molecule has 0 bridgehead atoms. The third kappa shape index (κ3) is 3.35. The molecule has 1 fully saturated rings. The molecule has 1 amide bonds. The summed E-state index contributed by atoms with van der Waals surface area (Å²) in [5.41, 5.74) is 0.941. The number of amides is 1. The van der Waals surface area contributed by atoms with E-state index in [1.165, 1.54) is 16.8 Å². The molecular weight excluding hydrogens is 358 g/mol. The predicted molar refractivity (Wildman–Crippen MR) is 93.5 cm³/mol. The molecule has 9 nitrogen and oxygen atoms in total. The quantitative estimate of drug-likeness (QED) is 0.710. The molecule has 4 rings (SSSR count). The first-order valence-corrected chi connectivity index (χ1v) is 8.00. The van der Waals surface area contributed by atoms with Crippen LogP contribution in [0.15, 0.2) is 30.6 Å². The van der Waals surface area contributed by atoms with Crippen LogP contribution in [0, 0.1) is 0 Å². The lowest BCUT2D eigenvalue weighted by Crippen LogP contribution is -2.25. The zero-order valence-corrected chi connectivity index (χ0v) is 13.9. The number of alkyl halides is 2. The third-order valence-corrected chi connectivity index (χ3v) is 4.15. The Bertz CT molecular complexity index is 1100. The molecule has 1 aliphatic rings. The van der Waals surface area contributed by atoms with Gasteiger partial charge in [0.1, 0.15) is 0 Å². The second-order valence-electron chi connectivity index (χ2n) is 6.03. The Morgan fingerprint density at radius 3 is 3.04 bits per heavy atom. The van der Waals surface area contributed by atoms with Gasteiger partial charge >= 0.3 is 0 Å². The standard InChI is InChI=1S/C16H16F2N8O/c1-19-14(27)13-11(4-6-20-23-13)21-15-22-12-3-2-10(8-26(12)24-15)25-7-5-16(17,18)9-25/h2-4,6,8H,5,7,9H2,1H3,(H,19,27)(H,20,21,24)/i1D3. The number of nitrogens with one attached hydrogen (secondary N) is 2. The Balaban J connectivity index is 1.57. The molecular formula is C16H16F2N8O. The second kappa shape index (κ2) is 6.41. The fourth-order valence-corrected chi connectivity index (χ4v) is 2.85. The van der Waals surface area contributed by atoms with E-state index < -0.39 is 18.8 Å². The van der Waals surface area contributed by atoms with Gasteiger partial charge in [-0.3, -0.25) is 4.79 Å². The van der Waals surface area contributed by atoms with Gasteiger partial charge in [0.05, 0.1) is 30.3 Å². The number of pyridine rings is 1. The Morgan fingerprint density at radius 1 is 1.37 bits per heavy atom. The van der Waals surface area contributed by atoms with E-state index in [-0.39, 0.29) is 36.8 Å². The highest BCUT2D eigenvalue weighted by Gasteiger charge is 2.38. The molecule has 1 saturated heterocycles. The number of halogens is 2. The second-order valence-corrected chi connectivity index (χ2v) is 6.03. The van der Waals surface area contributed by atoms with Crippen molar-refractivity contribution in [1.29, 1.82) is 0 Å². The minimum absolute atomic E-state index is 0.106. The van der Waals surface area contributed by atoms with Crippen LogP contribution in [0.5, 0.6) is 0 Å². The van der Waals surface area contributed by atoms with Gasteiger partial charge in [-0.2, -0.15) is 10.1 Å². The molecule has 3 aromatic heterocycles. The van der Waals surface area contributed by atoms with Crippen LogP contribution < -0.4 is 15.5 Å². The number of aromatic nitrogens is 5. The summed E-state index contributed by atoms with van der Waals surface area (Å²) in [5, 5.41) is 16.2. The Labute approximate surface area is 156 Å². The van der Waals surface area contributed by atoms with E-state index in [2.05, 4.69) is 25.6 Å². The molecule has 4 heterocycles. The molecule has 0 spiro atoms. The summed E-state index contributed by atoms with van der Waals surface area (Å²) in [4.78, 5) is 18.0. The van der Waals surface area contributed by atoms with E-state index in [1.807, 2.05) is 5.32 Å². The first-order chi connectivity index (χ1) is 14.1. The van der Waals surface area contributed by atoms with Crippen molar-refractivity contribution in [3.8, 4) is 0 Å². The molecule has 0 saturated carbocycles. The fourth-order valence-electron chi connectivity index (χ4n) is 2.85. The number of anilines is 3. The summed E-state index contributed by atoms with van der Waals surface area (Å²) in [6.45, 7) is -2.80. The Morgan fingerprint density at radius 2 is 2.26 bits per heavy atom. The van der Waals surface area contributed by atoms with Crippen LogP contribution in [0.2, 0.25) is 0 Å². The first-order valence-electron chi connectivity index (χ1n) is 9.50. The number of nitrogens with zero attached hydrogens (tertiary/aromatic N) is 6. The van der Waals surface area contributed by atoms with Gasteiger partial charge < -0.3 is 15.5 Å². The third-order valence-electron chi connectivity index (χ3n) is 4.15. The van der Waals surface area contributed by atoms with E-state index in [9.17, 15) is 13.6 Å². The molecule has 27 heavy (non-hydrogen) atoms. The molecule has 11 heteroatoms. The molecule has 0 unspecified atom stereocenters. The van der Waals surface area contributed by atoms with Gasteiger partial charge in [0, 0.05) is 24.1 Å². The van der Waals surface area contributed by atoms with Crippen LogP contribution in [-0.4, -0.2) is 56.7 Å². The molecule has 3 aromatic rings. The van der Waals surface area contributed by atoms with Crippen LogP contribution in [0.3, 0.4) is 0 Å². The van der Waals surface area contributed by atoms with Crippen LogP contribution in [0.25, 0.3) is 5.65 Å². The summed E-state index contributed by atoms with van der Waals surface area (Å²) in [6, 6.07) is 4.74. The minimum Gasteiger partial charge on any atom is -0.364 e. The van der Waals surface area contributed by atoms with E-state index in [4.69, 9.17) is 4.11 Å². The summed E-state index contributed by atoms with van der Waals surface area (Å²) in [7, 11) is 0. The topological polar surface area (TPSA) is 100 Å². The fraction of sp³-hybridized carbons (Fsp3) is 0.312. The first kappa shape index (κ1) is 13.8. The number of rotatable bonds is 4. The van der Waals surface area contributed by atoms with Crippen molar-refractivity contribution in [3.05, 3.63) is 36.3 Å². The maximum atomic E-state index is 13.5.